The molecule has 0 bridgehead atoms. The maximum atomic E-state index is 12.0. The van der Waals surface area contributed by atoms with Crippen LogP contribution in [-0.2, 0) is 9.84 Å². The number of ether oxygens (including phenoxy) is 1. The van der Waals surface area contributed by atoms with Crippen molar-refractivity contribution in [1.29, 1.82) is 0 Å². The Kier molecular flexibility index (Phi) is 3.64. The first-order valence-electron chi connectivity index (χ1n) is 7.18. The second-order valence-corrected chi connectivity index (χ2v) is 7.87. The molecule has 1 aromatic rings. The van der Waals surface area contributed by atoms with E-state index in [2.05, 4.69) is 5.10 Å². The first kappa shape index (κ1) is 14.4. The van der Waals surface area contributed by atoms with Gasteiger partial charge in [0.2, 0.25) is 0 Å². The summed E-state index contributed by atoms with van der Waals surface area (Å²) in [7, 11) is -3.33. The Bertz CT molecular complexity index is 646. The topological polar surface area (TPSA) is 98.5 Å². The van der Waals surface area contributed by atoms with Crippen molar-refractivity contribution in [2.24, 2.45) is 0 Å². The molecular formula is C13H18N2O5S. The molecule has 1 saturated carbocycles. The number of sulfone groups is 1. The molecular weight excluding hydrogens is 296 g/mol. The second kappa shape index (κ2) is 5.32. The Balaban J connectivity index is 1.94. The molecule has 7 nitrogen and oxygen atoms in total. The first-order valence-corrected chi connectivity index (χ1v) is 8.89. The smallest absolute Gasteiger partial charge is 0.358 e. The predicted octanol–water partition coefficient (Wildman–Crippen LogP) is 1.61. The summed E-state index contributed by atoms with van der Waals surface area (Å²) in [6, 6.07) is 0. The number of nitrogens with zero attached hydrogens (tertiary/aromatic N) is 2. The van der Waals surface area contributed by atoms with Gasteiger partial charge in [-0.15, -0.1) is 0 Å². The quantitative estimate of drug-likeness (QED) is 0.906. The lowest BCUT2D eigenvalue weighted by Crippen LogP contribution is -2.22. The van der Waals surface area contributed by atoms with E-state index < -0.39 is 21.2 Å². The number of aromatic nitrogens is 2. The maximum Gasteiger partial charge on any atom is 0.358 e. The van der Waals surface area contributed by atoms with Crippen molar-refractivity contribution in [3.05, 3.63) is 11.9 Å². The molecule has 1 aliphatic carbocycles. The van der Waals surface area contributed by atoms with Gasteiger partial charge in [-0.1, -0.05) is 0 Å². The number of hydrogen-bond donors (Lipinski definition) is 1. The zero-order valence-corrected chi connectivity index (χ0v) is 12.4. The Labute approximate surface area is 122 Å². The molecule has 2 fully saturated rings. The summed E-state index contributed by atoms with van der Waals surface area (Å²) in [5, 5.41) is 12.5. The van der Waals surface area contributed by atoms with Crippen LogP contribution in [0, 0.1) is 0 Å². The average molecular weight is 314 g/mol. The van der Waals surface area contributed by atoms with Crippen molar-refractivity contribution in [2.75, 3.05) is 5.75 Å². The number of carboxylic acid groups (broad SMARTS) is 1. The number of rotatable bonds is 4. The fourth-order valence-electron chi connectivity index (χ4n) is 3.09. The fourth-order valence-corrected chi connectivity index (χ4v) is 4.92. The fraction of sp³-hybridized carbons (Fsp3) is 0.692. The number of aromatic carboxylic acids is 1. The largest absolute Gasteiger partial charge is 0.486 e. The summed E-state index contributed by atoms with van der Waals surface area (Å²) in [6.45, 7) is 0. The highest BCUT2D eigenvalue weighted by molar-refractivity contribution is 7.91. The van der Waals surface area contributed by atoms with Gasteiger partial charge in [-0.2, -0.15) is 5.10 Å². The van der Waals surface area contributed by atoms with Crippen LogP contribution >= 0.6 is 0 Å². The van der Waals surface area contributed by atoms with Gasteiger partial charge in [0.1, 0.15) is 0 Å². The highest BCUT2D eigenvalue weighted by Crippen LogP contribution is 2.34. The SMILES string of the molecule is O=C(O)c1c(OC2CCCC2)cnn1C1CCCS1(=O)=O. The standard InChI is InChI=1S/C13H18N2O5S/c16-13(17)12-10(20-9-4-1-2-5-9)8-14-15(12)11-6-3-7-21(11,18)19/h8-9,11H,1-7H2,(H,16,17). The minimum absolute atomic E-state index is 0.000866. The molecule has 1 aromatic heterocycles. The lowest BCUT2D eigenvalue weighted by Gasteiger charge is -2.14. The van der Waals surface area contributed by atoms with Crippen LogP contribution in [0.1, 0.15) is 54.4 Å². The molecule has 1 unspecified atom stereocenters. The highest BCUT2D eigenvalue weighted by Gasteiger charge is 2.37. The van der Waals surface area contributed by atoms with Gasteiger partial charge >= 0.3 is 5.97 Å². The van der Waals surface area contributed by atoms with Crippen LogP contribution in [-0.4, -0.2) is 41.1 Å². The Morgan fingerprint density at radius 2 is 2.00 bits per heavy atom. The highest BCUT2D eigenvalue weighted by atomic mass is 32.2. The monoisotopic (exact) mass is 314 g/mol. The number of hydrogen-bond acceptors (Lipinski definition) is 5. The summed E-state index contributed by atoms with van der Waals surface area (Å²) in [5.74, 6) is -0.950. The Hall–Kier alpha value is -1.57. The summed E-state index contributed by atoms with van der Waals surface area (Å²) >= 11 is 0. The molecule has 1 N–H and O–H groups in total. The predicted molar refractivity (Wildman–Crippen MR) is 74.1 cm³/mol. The van der Waals surface area contributed by atoms with Crippen molar-refractivity contribution >= 4 is 15.8 Å². The summed E-state index contributed by atoms with van der Waals surface area (Å²) in [6.07, 6.45) is 6.18. The maximum absolute atomic E-state index is 12.0. The van der Waals surface area contributed by atoms with E-state index in [0.29, 0.717) is 12.8 Å². The Morgan fingerprint density at radius 1 is 1.29 bits per heavy atom. The van der Waals surface area contributed by atoms with Crippen LogP contribution in [0.5, 0.6) is 5.75 Å². The molecule has 3 rings (SSSR count). The van der Waals surface area contributed by atoms with Gasteiger partial charge < -0.3 is 9.84 Å². The van der Waals surface area contributed by atoms with E-state index in [1.54, 1.807) is 0 Å². The van der Waals surface area contributed by atoms with Gasteiger partial charge in [0.15, 0.2) is 26.7 Å². The van der Waals surface area contributed by atoms with E-state index >= 15 is 0 Å². The van der Waals surface area contributed by atoms with Crippen molar-refractivity contribution in [2.45, 2.75) is 50.0 Å². The molecule has 1 saturated heterocycles. The minimum Gasteiger partial charge on any atom is -0.486 e. The molecule has 0 aromatic carbocycles. The molecule has 0 radical (unpaired) electrons. The molecule has 1 aliphatic heterocycles. The lowest BCUT2D eigenvalue weighted by molar-refractivity contribution is 0.0674. The molecule has 2 heterocycles. The second-order valence-electron chi connectivity index (χ2n) is 5.60. The van der Waals surface area contributed by atoms with Gasteiger partial charge in [-0.25, -0.2) is 17.9 Å². The van der Waals surface area contributed by atoms with E-state index in [1.165, 1.54) is 6.20 Å². The third-order valence-corrected chi connectivity index (χ3v) is 6.25. The zero-order valence-electron chi connectivity index (χ0n) is 11.6. The van der Waals surface area contributed by atoms with Gasteiger partial charge in [-0.05, 0) is 38.5 Å². The van der Waals surface area contributed by atoms with Crippen LogP contribution in [0.25, 0.3) is 0 Å². The Morgan fingerprint density at radius 3 is 2.57 bits per heavy atom. The molecule has 1 atom stereocenters. The molecule has 21 heavy (non-hydrogen) atoms. The van der Waals surface area contributed by atoms with Gasteiger partial charge in [0.25, 0.3) is 0 Å². The van der Waals surface area contributed by atoms with Crippen molar-refractivity contribution < 1.29 is 23.1 Å². The summed E-state index contributed by atoms with van der Waals surface area (Å²) < 4.78 is 30.8. The normalized spacial score (nSPS) is 25.2. The van der Waals surface area contributed by atoms with Gasteiger partial charge in [0.05, 0.1) is 18.1 Å². The third kappa shape index (κ3) is 2.64. The number of carboxylic acids is 1. The molecule has 8 heteroatoms. The van der Waals surface area contributed by atoms with Gasteiger partial charge in [0, 0.05) is 0 Å². The average Bonchev–Trinajstić information content (AvgIpc) is 3.09. The van der Waals surface area contributed by atoms with Crippen LogP contribution in [0.4, 0.5) is 0 Å². The van der Waals surface area contributed by atoms with E-state index in [0.717, 1.165) is 30.4 Å². The van der Waals surface area contributed by atoms with E-state index in [1.807, 2.05) is 0 Å². The summed E-state index contributed by atoms with van der Waals surface area (Å²) in [5.41, 5.74) is -0.155. The minimum atomic E-state index is -3.33. The molecule has 2 aliphatic rings. The molecule has 0 spiro atoms. The van der Waals surface area contributed by atoms with Crippen molar-refractivity contribution in [1.82, 2.24) is 9.78 Å². The van der Waals surface area contributed by atoms with Crippen molar-refractivity contribution in [3.63, 3.8) is 0 Å². The van der Waals surface area contributed by atoms with Crippen LogP contribution in [0.3, 0.4) is 0 Å². The molecule has 116 valence electrons. The lowest BCUT2D eigenvalue weighted by atomic mass is 10.3. The summed E-state index contributed by atoms with van der Waals surface area (Å²) in [4.78, 5) is 11.5. The van der Waals surface area contributed by atoms with Gasteiger partial charge in [-0.3, -0.25) is 0 Å². The van der Waals surface area contributed by atoms with E-state index in [4.69, 9.17) is 4.74 Å². The van der Waals surface area contributed by atoms with Crippen LogP contribution < -0.4 is 4.74 Å². The van der Waals surface area contributed by atoms with E-state index in [-0.39, 0.29) is 23.3 Å². The number of carbonyl (C=O) groups is 1. The zero-order chi connectivity index (χ0) is 15.0. The first-order chi connectivity index (χ1) is 9.99. The van der Waals surface area contributed by atoms with Crippen molar-refractivity contribution in [3.8, 4) is 5.75 Å². The van der Waals surface area contributed by atoms with Crippen LogP contribution in [0.15, 0.2) is 6.20 Å². The molecule has 0 amide bonds. The van der Waals surface area contributed by atoms with E-state index in [9.17, 15) is 18.3 Å². The third-order valence-electron chi connectivity index (χ3n) is 4.13. The van der Waals surface area contributed by atoms with Crippen LogP contribution in [0.2, 0.25) is 0 Å².